The maximum Gasteiger partial charge on any atom is 0.129 e. The summed E-state index contributed by atoms with van der Waals surface area (Å²) in [4.78, 5) is 13.5. The average molecular weight is 213 g/mol. The van der Waals surface area contributed by atoms with Gasteiger partial charge in [0.05, 0.1) is 12.0 Å². The third-order valence-electron chi connectivity index (χ3n) is 3.51. The second-order valence-electron chi connectivity index (χ2n) is 4.67. The van der Waals surface area contributed by atoms with E-state index in [1.807, 2.05) is 0 Å². The molecule has 3 nitrogen and oxygen atoms in total. The molecule has 1 aliphatic heterocycles. The van der Waals surface area contributed by atoms with Gasteiger partial charge in [-0.15, -0.1) is 0 Å². The van der Waals surface area contributed by atoms with Gasteiger partial charge >= 0.3 is 0 Å². The van der Waals surface area contributed by atoms with E-state index in [1.54, 1.807) is 0 Å². The van der Waals surface area contributed by atoms with E-state index in [2.05, 4.69) is 25.8 Å². The molecule has 0 aliphatic carbocycles. The first-order valence-electron chi connectivity index (χ1n) is 5.91. The van der Waals surface area contributed by atoms with Crippen molar-refractivity contribution in [1.29, 1.82) is 0 Å². The number of aldehydes is 1. The van der Waals surface area contributed by atoms with Crippen LogP contribution in [0.3, 0.4) is 0 Å². The highest BCUT2D eigenvalue weighted by molar-refractivity contribution is 5.60. The van der Waals surface area contributed by atoms with Crippen LogP contribution in [-0.2, 0) is 9.53 Å². The second-order valence-corrected chi connectivity index (χ2v) is 4.67. The van der Waals surface area contributed by atoms with E-state index in [1.165, 1.54) is 0 Å². The predicted octanol–water partition coefficient (Wildman–Crippen LogP) is 1.71. The van der Waals surface area contributed by atoms with Crippen LogP contribution < -0.4 is 0 Å². The molecule has 15 heavy (non-hydrogen) atoms. The van der Waals surface area contributed by atoms with Crippen molar-refractivity contribution in [3.8, 4) is 0 Å². The minimum Gasteiger partial charge on any atom is -0.380 e. The Hall–Kier alpha value is -0.410. The van der Waals surface area contributed by atoms with E-state index in [0.29, 0.717) is 12.6 Å². The molecule has 1 saturated heterocycles. The van der Waals surface area contributed by atoms with E-state index in [-0.39, 0.29) is 5.41 Å². The molecule has 88 valence electrons. The van der Waals surface area contributed by atoms with Gasteiger partial charge < -0.3 is 14.4 Å². The van der Waals surface area contributed by atoms with Crippen molar-refractivity contribution < 1.29 is 9.53 Å². The van der Waals surface area contributed by atoms with Crippen LogP contribution in [0.4, 0.5) is 0 Å². The number of carbonyl (C=O) groups is 1. The van der Waals surface area contributed by atoms with Gasteiger partial charge in [0.15, 0.2) is 0 Å². The average Bonchev–Trinajstić information content (AvgIpc) is 2.69. The summed E-state index contributed by atoms with van der Waals surface area (Å²) in [5, 5.41) is 0. The second kappa shape index (κ2) is 5.61. The van der Waals surface area contributed by atoms with Gasteiger partial charge in [0.1, 0.15) is 6.29 Å². The molecule has 1 heterocycles. The Labute approximate surface area is 92.8 Å². The van der Waals surface area contributed by atoms with E-state index in [9.17, 15) is 4.79 Å². The van der Waals surface area contributed by atoms with Crippen LogP contribution in [0.1, 0.15) is 33.1 Å². The number of hydrogen-bond donors (Lipinski definition) is 0. The van der Waals surface area contributed by atoms with Crippen LogP contribution in [0.2, 0.25) is 0 Å². The molecule has 1 atom stereocenters. The number of carbonyl (C=O) groups excluding carboxylic acids is 1. The van der Waals surface area contributed by atoms with Crippen LogP contribution in [0.15, 0.2) is 0 Å². The highest BCUT2D eigenvalue weighted by atomic mass is 16.5. The number of ether oxygens (including phenoxy) is 1. The quantitative estimate of drug-likeness (QED) is 0.629. The smallest absolute Gasteiger partial charge is 0.129 e. The van der Waals surface area contributed by atoms with Gasteiger partial charge in [-0.3, -0.25) is 0 Å². The lowest BCUT2D eigenvalue weighted by Gasteiger charge is -2.32. The first kappa shape index (κ1) is 12.7. The zero-order chi connectivity index (χ0) is 11.3. The number of hydrogen-bond acceptors (Lipinski definition) is 3. The molecule has 0 radical (unpaired) electrons. The largest absolute Gasteiger partial charge is 0.380 e. The fraction of sp³-hybridized carbons (Fsp3) is 0.917. The van der Waals surface area contributed by atoms with Gasteiger partial charge in [0, 0.05) is 19.2 Å². The van der Waals surface area contributed by atoms with Crippen molar-refractivity contribution in [3.05, 3.63) is 0 Å². The zero-order valence-corrected chi connectivity index (χ0v) is 10.2. The van der Waals surface area contributed by atoms with Crippen molar-refractivity contribution >= 4 is 6.29 Å². The standard InChI is InChI=1S/C12H23NO2/c1-4-11(5-2)13(3)8-12(9-14)6-7-15-10-12/h9,11H,4-8,10H2,1-3H3. The fourth-order valence-electron chi connectivity index (χ4n) is 2.42. The summed E-state index contributed by atoms with van der Waals surface area (Å²) in [6.07, 6.45) is 4.26. The van der Waals surface area contributed by atoms with Crippen molar-refractivity contribution in [2.75, 3.05) is 26.8 Å². The zero-order valence-electron chi connectivity index (χ0n) is 10.2. The summed E-state index contributed by atoms with van der Waals surface area (Å²) in [5.74, 6) is 0. The van der Waals surface area contributed by atoms with E-state index in [0.717, 1.165) is 38.7 Å². The van der Waals surface area contributed by atoms with E-state index in [4.69, 9.17) is 4.74 Å². The number of rotatable bonds is 6. The topological polar surface area (TPSA) is 29.5 Å². The molecular weight excluding hydrogens is 190 g/mol. The fourth-order valence-corrected chi connectivity index (χ4v) is 2.42. The van der Waals surface area contributed by atoms with Gasteiger partial charge in [-0.25, -0.2) is 0 Å². The SMILES string of the molecule is CCC(CC)N(C)CC1(C=O)CCOC1. The molecular formula is C12H23NO2. The first-order valence-corrected chi connectivity index (χ1v) is 5.91. The Morgan fingerprint density at radius 1 is 1.47 bits per heavy atom. The monoisotopic (exact) mass is 213 g/mol. The summed E-state index contributed by atoms with van der Waals surface area (Å²) in [5.41, 5.74) is -0.239. The molecule has 0 aromatic heterocycles. The predicted molar refractivity (Wildman–Crippen MR) is 60.9 cm³/mol. The van der Waals surface area contributed by atoms with Crippen LogP contribution in [0.25, 0.3) is 0 Å². The lowest BCUT2D eigenvalue weighted by Crippen LogP contribution is -2.42. The minimum absolute atomic E-state index is 0.239. The highest BCUT2D eigenvalue weighted by Gasteiger charge is 2.36. The van der Waals surface area contributed by atoms with Gasteiger partial charge in [-0.05, 0) is 26.3 Å². The molecule has 0 aromatic rings. The van der Waals surface area contributed by atoms with Crippen molar-refractivity contribution in [2.24, 2.45) is 5.41 Å². The Morgan fingerprint density at radius 2 is 2.13 bits per heavy atom. The van der Waals surface area contributed by atoms with E-state index >= 15 is 0 Å². The number of nitrogens with zero attached hydrogens (tertiary/aromatic N) is 1. The van der Waals surface area contributed by atoms with Gasteiger partial charge in [-0.2, -0.15) is 0 Å². The van der Waals surface area contributed by atoms with Crippen LogP contribution in [0.5, 0.6) is 0 Å². The Bertz CT molecular complexity index is 196. The van der Waals surface area contributed by atoms with E-state index < -0.39 is 0 Å². The van der Waals surface area contributed by atoms with Crippen molar-refractivity contribution in [3.63, 3.8) is 0 Å². The molecule has 0 saturated carbocycles. The molecule has 0 aromatic carbocycles. The highest BCUT2D eigenvalue weighted by Crippen LogP contribution is 2.28. The van der Waals surface area contributed by atoms with Crippen LogP contribution in [-0.4, -0.2) is 44.0 Å². The van der Waals surface area contributed by atoms with Gasteiger partial charge in [0.25, 0.3) is 0 Å². The summed E-state index contributed by atoms with van der Waals surface area (Å²) >= 11 is 0. The minimum atomic E-state index is -0.239. The molecule has 1 aliphatic rings. The molecule has 0 spiro atoms. The van der Waals surface area contributed by atoms with Gasteiger partial charge in [-0.1, -0.05) is 13.8 Å². The molecule has 3 heteroatoms. The normalized spacial score (nSPS) is 26.5. The molecule has 0 bridgehead atoms. The molecule has 0 N–H and O–H groups in total. The third-order valence-corrected chi connectivity index (χ3v) is 3.51. The summed E-state index contributed by atoms with van der Waals surface area (Å²) in [6, 6.07) is 0.586. The first-order chi connectivity index (χ1) is 7.17. The lowest BCUT2D eigenvalue weighted by molar-refractivity contribution is -0.117. The summed E-state index contributed by atoms with van der Waals surface area (Å²) in [6.45, 7) is 6.56. The van der Waals surface area contributed by atoms with Crippen LogP contribution in [0, 0.1) is 5.41 Å². The molecule has 1 rings (SSSR count). The maximum absolute atomic E-state index is 11.2. The van der Waals surface area contributed by atoms with Gasteiger partial charge in [0.2, 0.25) is 0 Å². The maximum atomic E-state index is 11.2. The summed E-state index contributed by atoms with van der Waals surface area (Å²) in [7, 11) is 2.11. The van der Waals surface area contributed by atoms with Crippen molar-refractivity contribution in [2.45, 2.75) is 39.2 Å². The molecule has 1 fully saturated rings. The summed E-state index contributed by atoms with van der Waals surface area (Å²) < 4.78 is 5.34. The Morgan fingerprint density at radius 3 is 2.53 bits per heavy atom. The Kier molecular flexibility index (Phi) is 4.74. The molecule has 1 unspecified atom stereocenters. The Balaban J connectivity index is 2.54. The van der Waals surface area contributed by atoms with Crippen LogP contribution >= 0.6 is 0 Å². The molecule has 0 amide bonds. The lowest BCUT2D eigenvalue weighted by atomic mass is 9.88. The van der Waals surface area contributed by atoms with Crippen molar-refractivity contribution in [1.82, 2.24) is 4.90 Å². The third kappa shape index (κ3) is 3.02.